The fraction of sp³-hybridized carbons (Fsp3) is 0.250. The average molecular weight is 202 g/mol. The lowest BCUT2D eigenvalue weighted by atomic mass is 10.2. The molecule has 0 radical (unpaired) electrons. The van der Waals surface area contributed by atoms with Crippen LogP contribution in [0.3, 0.4) is 0 Å². The van der Waals surface area contributed by atoms with Crippen LogP contribution >= 0.6 is 0 Å². The van der Waals surface area contributed by atoms with Gasteiger partial charge in [-0.3, -0.25) is 0 Å². The fourth-order valence-electron chi connectivity index (χ4n) is 1.41. The molecule has 0 saturated carbocycles. The molecule has 1 N–H and O–H groups in total. The first-order valence-corrected chi connectivity index (χ1v) is 5.02. The Kier molecular flexibility index (Phi) is 2.72. The molecule has 0 bridgehead atoms. The van der Waals surface area contributed by atoms with Gasteiger partial charge in [0.05, 0.1) is 6.10 Å². The van der Waals surface area contributed by atoms with Crippen LogP contribution in [0.1, 0.15) is 13.8 Å². The first-order chi connectivity index (χ1) is 7.25. The molecular formula is C12H14N2O. The van der Waals surface area contributed by atoms with E-state index in [1.807, 2.05) is 44.3 Å². The Morgan fingerprint density at radius 3 is 2.87 bits per heavy atom. The van der Waals surface area contributed by atoms with Crippen LogP contribution in [0.4, 0.5) is 0 Å². The molecule has 3 heteroatoms. The number of imidazole rings is 1. The normalized spacial score (nSPS) is 10.6. The topological polar surface area (TPSA) is 37.9 Å². The summed E-state index contributed by atoms with van der Waals surface area (Å²) < 4.78 is 5.61. The first-order valence-electron chi connectivity index (χ1n) is 5.02. The second kappa shape index (κ2) is 4.17. The Morgan fingerprint density at radius 2 is 2.20 bits per heavy atom. The van der Waals surface area contributed by atoms with Crippen molar-refractivity contribution < 1.29 is 4.74 Å². The summed E-state index contributed by atoms with van der Waals surface area (Å²) in [5.74, 6) is 1.74. The zero-order valence-corrected chi connectivity index (χ0v) is 8.90. The fourth-order valence-corrected chi connectivity index (χ4v) is 1.41. The number of nitrogens with one attached hydrogen (secondary N) is 1. The molecule has 3 nitrogen and oxygen atoms in total. The Hall–Kier alpha value is -1.77. The summed E-state index contributed by atoms with van der Waals surface area (Å²) >= 11 is 0. The summed E-state index contributed by atoms with van der Waals surface area (Å²) in [5, 5.41) is 0. The summed E-state index contributed by atoms with van der Waals surface area (Å²) in [7, 11) is 0. The van der Waals surface area contributed by atoms with Gasteiger partial charge in [-0.1, -0.05) is 12.1 Å². The van der Waals surface area contributed by atoms with Gasteiger partial charge in [-0.15, -0.1) is 0 Å². The van der Waals surface area contributed by atoms with E-state index in [0.717, 1.165) is 17.1 Å². The second-order valence-electron chi connectivity index (χ2n) is 3.63. The van der Waals surface area contributed by atoms with E-state index in [0.29, 0.717) is 0 Å². The number of ether oxygens (including phenoxy) is 1. The molecule has 0 aliphatic rings. The molecule has 2 rings (SSSR count). The Bertz CT molecular complexity index is 421. The SMILES string of the molecule is CC(C)Oc1cccc(-c2ncc[nH]2)c1. The molecule has 2 aromatic rings. The number of aromatic amines is 1. The number of rotatable bonds is 3. The minimum absolute atomic E-state index is 0.192. The molecule has 1 aromatic heterocycles. The average Bonchev–Trinajstić information content (AvgIpc) is 2.69. The van der Waals surface area contributed by atoms with Crippen molar-refractivity contribution in [3.05, 3.63) is 36.7 Å². The highest BCUT2D eigenvalue weighted by atomic mass is 16.5. The zero-order valence-electron chi connectivity index (χ0n) is 8.90. The molecular weight excluding hydrogens is 188 g/mol. The molecule has 0 saturated heterocycles. The second-order valence-corrected chi connectivity index (χ2v) is 3.63. The predicted molar refractivity (Wildman–Crippen MR) is 59.8 cm³/mol. The third kappa shape index (κ3) is 2.37. The first kappa shape index (κ1) is 9.77. The summed E-state index contributed by atoms with van der Waals surface area (Å²) in [6.45, 7) is 4.03. The number of benzene rings is 1. The molecule has 1 heterocycles. The van der Waals surface area contributed by atoms with Gasteiger partial charge in [0.15, 0.2) is 0 Å². The van der Waals surface area contributed by atoms with Crippen LogP contribution in [0, 0.1) is 0 Å². The Balaban J connectivity index is 2.27. The summed E-state index contributed by atoms with van der Waals surface area (Å²) in [5.41, 5.74) is 1.04. The lowest BCUT2D eigenvalue weighted by Gasteiger charge is -2.09. The molecule has 0 fully saturated rings. The number of H-pyrrole nitrogens is 1. The van der Waals surface area contributed by atoms with E-state index in [4.69, 9.17) is 4.74 Å². The van der Waals surface area contributed by atoms with E-state index < -0.39 is 0 Å². The van der Waals surface area contributed by atoms with Crippen LogP contribution in [0.5, 0.6) is 5.75 Å². The Morgan fingerprint density at radius 1 is 1.33 bits per heavy atom. The van der Waals surface area contributed by atoms with Crippen molar-refractivity contribution in [2.24, 2.45) is 0 Å². The van der Waals surface area contributed by atoms with E-state index in [9.17, 15) is 0 Å². The molecule has 78 valence electrons. The van der Waals surface area contributed by atoms with Crippen molar-refractivity contribution in [2.75, 3.05) is 0 Å². The van der Waals surface area contributed by atoms with Crippen molar-refractivity contribution in [3.8, 4) is 17.1 Å². The lowest BCUT2D eigenvalue weighted by molar-refractivity contribution is 0.242. The Labute approximate surface area is 89.1 Å². The van der Waals surface area contributed by atoms with Crippen molar-refractivity contribution in [2.45, 2.75) is 20.0 Å². The van der Waals surface area contributed by atoms with Crippen molar-refractivity contribution in [3.63, 3.8) is 0 Å². The third-order valence-electron chi connectivity index (χ3n) is 1.98. The number of nitrogens with zero attached hydrogens (tertiary/aromatic N) is 1. The smallest absolute Gasteiger partial charge is 0.137 e. The zero-order chi connectivity index (χ0) is 10.7. The van der Waals surface area contributed by atoms with Gasteiger partial charge in [0, 0.05) is 18.0 Å². The van der Waals surface area contributed by atoms with Crippen LogP contribution in [0.15, 0.2) is 36.7 Å². The van der Waals surface area contributed by atoms with Gasteiger partial charge in [-0.25, -0.2) is 4.98 Å². The standard InChI is InChI=1S/C12H14N2O/c1-9(2)15-11-5-3-4-10(8-11)12-13-6-7-14-12/h3-9H,1-2H3,(H,13,14). The minimum Gasteiger partial charge on any atom is -0.491 e. The van der Waals surface area contributed by atoms with E-state index in [-0.39, 0.29) is 6.10 Å². The molecule has 0 amide bonds. The largest absolute Gasteiger partial charge is 0.491 e. The van der Waals surface area contributed by atoms with Crippen LogP contribution in [0.2, 0.25) is 0 Å². The highest BCUT2D eigenvalue weighted by Crippen LogP contribution is 2.21. The van der Waals surface area contributed by atoms with Gasteiger partial charge in [0.2, 0.25) is 0 Å². The minimum atomic E-state index is 0.192. The number of hydrogen-bond acceptors (Lipinski definition) is 2. The summed E-state index contributed by atoms with van der Waals surface area (Å²) in [4.78, 5) is 7.26. The van der Waals surface area contributed by atoms with Crippen LogP contribution < -0.4 is 4.74 Å². The van der Waals surface area contributed by atoms with Crippen LogP contribution in [0.25, 0.3) is 11.4 Å². The van der Waals surface area contributed by atoms with Gasteiger partial charge in [-0.05, 0) is 26.0 Å². The number of hydrogen-bond donors (Lipinski definition) is 1. The van der Waals surface area contributed by atoms with E-state index in [2.05, 4.69) is 9.97 Å². The van der Waals surface area contributed by atoms with Crippen LogP contribution in [-0.4, -0.2) is 16.1 Å². The molecule has 0 atom stereocenters. The van der Waals surface area contributed by atoms with Crippen molar-refractivity contribution in [1.29, 1.82) is 0 Å². The molecule has 0 spiro atoms. The van der Waals surface area contributed by atoms with E-state index >= 15 is 0 Å². The van der Waals surface area contributed by atoms with Gasteiger partial charge in [0.25, 0.3) is 0 Å². The maximum atomic E-state index is 5.61. The maximum absolute atomic E-state index is 5.61. The number of aromatic nitrogens is 2. The molecule has 1 aromatic carbocycles. The van der Waals surface area contributed by atoms with Gasteiger partial charge < -0.3 is 9.72 Å². The monoisotopic (exact) mass is 202 g/mol. The summed E-state index contributed by atoms with van der Waals surface area (Å²) in [6, 6.07) is 7.91. The maximum Gasteiger partial charge on any atom is 0.137 e. The van der Waals surface area contributed by atoms with Crippen molar-refractivity contribution in [1.82, 2.24) is 9.97 Å². The molecule has 15 heavy (non-hydrogen) atoms. The highest BCUT2D eigenvalue weighted by molar-refractivity contribution is 5.57. The van der Waals surface area contributed by atoms with Gasteiger partial charge >= 0.3 is 0 Å². The third-order valence-corrected chi connectivity index (χ3v) is 1.98. The van der Waals surface area contributed by atoms with Gasteiger partial charge in [0.1, 0.15) is 11.6 Å². The lowest BCUT2D eigenvalue weighted by Crippen LogP contribution is -2.05. The van der Waals surface area contributed by atoms with Gasteiger partial charge in [-0.2, -0.15) is 0 Å². The highest BCUT2D eigenvalue weighted by Gasteiger charge is 2.02. The van der Waals surface area contributed by atoms with Crippen LogP contribution in [-0.2, 0) is 0 Å². The molecule has 0 unspecified atom stereocenters. The quantitative estimate of drug-likeness (QED) is 0.831. The summed E-state index contributed by atoms with van der Waals surface area (Å²) in [6.07, 6.45) is 3.74. The predicted octanol–water partition coefficient (Wildman–Crippen LogP) is 2.86. The molecule has 0 aliphatic heterocycles. The van der Waals surface area contributed by atoms with E-state index in [1.54, 1.807) is 6.20 Å². The van der Waals surface area contributed by atoms with Crippen molar-refractivity contribution >= 4 is 0 Å². The molecule has 0 aliphatic carbocycles. The van der Waals surface area contributed by atoms with E-state index in [1.165, 1.54) is 0 Å².